The van der Waals surface area contributed by atoms with E-state index < -0.39 is 0 Å². The summed E-state index contributed by atoms with van der Waals surface area (Å²) in [5, 5.41) is 9.94. The minimum Gasteiger partial charge on any atom is -0.396 e. The Labute approximate surface area is 134 Å². The summed E-state index contributed by atoms with van der Waals surface area (Å²) in [6, 6.07) is 0. The molecule has 2 rings (SSSR count). The Morgan fingerprint density at radius 2 is 2.00 bits per heavy atom. The molecule has 0 aromatic heterocycles. The van der Waals surface area contributed by atoms with Gasteiger partial charge in [-0.15, -0.1) is 0 Å². The Morgan fingerprint density at radius 3 is 2.50 bits per heavy atom. The summed E-state index contributed by atoms with van der Waals surface area (Å²) in [7, 11) is 1.68. The Hall–Kier alpha value is -0.870. The molecule has 0 bridgehead atoms. The van der Waals surface area contributed by atoms with Crippen LogP contribution in [0.2, 0.25) is 0 Å². The van der Waals surface area contributed by atoms with Crippen LogP contribution in [0.1, 0.15) is 52.4 Å². The maximum absolute atomic E-state index is 13.0. The van der Waals surface area contributed by atoms with Crippen molar-refractivity contribution in [3.05, 3.63) is 11.6 Å². The Balaban J connectivity index is 2.08. The van der Waals surface area contributed by atoms with Crippen LogP contribution in [-0.4, -0.2) is 49.3 Å². The molecule has 0 aromatic carbocycles. The highest BCUT2D eigenvalue weighted by Gasteiger charge is 2.48. The molecule has 22 heavy (non-hydrogen) atoms. The fraction of sp³-hybridized carbons (Fsp3) is 0.833. The van der Waals surface area contributed by atoms with E-state index in [1.165, 1.54) is 5.57 Å². The number of nitrogens with zero attached hydrogens (tertiary/aromatic N) is 1. The lowest BCUT2D eigenvalue weighted by atomic mass is 9.67. The summed E-state index contributed by atoms with van der Waals surface area (Å²) in [5.74, 6) is 0.246. The molecule has 1 aliphatic carbocycles. The van der Waals surface area contributed by atoms with Gasteiger partial charge in [-0.2, -0.15) is 0 Å². The van der Waals surface area contributed by atoms with Crippen molar-refractivity contribution in [1.29, 1.82) is 0 Å². The standard InChI is InChI=1S/C18H31NO3/c1-15(2)6-10-17(13-20)7-5-11-19(12-17)16(21)18(14-22-3)8-4-9-18/h6,20H,4-5,7-14H2,1-3H3/t17-/m1/s1. The number of ether oxygens (including phenoxy) is 1. The second-order valence-corrected chi connectivity index (χ2v) is 7.54. The van der Waals surface area contributed by atoms with Crippen molar-refractivity contribution in [2.24, 2.45) is 10.8 Å². The third kappa shape index (κ3) is 3.54. The molecule has 4 nitrogen and oxygen atoms in total. The lowest BCUT2D eigenvalue weighted by Crippen LogP contribution is -2.55. The van der Waals surface area contributed by atoms with Gasteiger partial charge in [0.05, 0.1) is 18.6 Å². The van der Waals surface area contributed by atoms with Gasteiger partial charge in [0.2, 0.25) is 5.91 Å². The number of rotatable bonds is 6. The molecule has 0 radical (unpaired) electrons. The number of amides is 1. The van der Waals surface area contributed by atoms with Crippen molar-refractivity contribution in [3.8, 4) is 0 Å². The topological polar surface area (TPSA) is 49.8 Å². The van der Waals surface area contributed by atoms with Gasteiger partial charge in [0.1, 0.15) is 0 Å². The fourth-order valence-corrected chi connectivity index (χ4v) is 3.80. The van der Waals surface area contributed by atoms with Crippen LogP contribution >= 0.6 is 0 Å². The van der Waals surface area contributed by atoms with E-state index in [2.05, 4.69) is 19.9 Å². The van der Waals surface area contributed by atoms with Crippen LogP contribution in [0.3, 0.4) is 0 Å². The van der Waals surface area contributed by atoms with Crippen LogP contribution in [0.25, 0.3) is 0 Å². The number of hydrogen-bond acceptors (Lipinski definition) is 3. The van der Waals surface area contributed by atoms with Crippen molar-refractivity contribution in [2.45, 2.75) is 52.4 Å². The first kappa shape index (κ1) is 17.5. The average Bonchev–Trinajstić information content (AvgIpc) is 2.48. The highest BCUT2D eigenvalue weighted by atomic mass is 16.5. The number of carbonyl (C=O) groups is 1. The molecule has 0 unspecified atom stereocenters. The van der Waals surface area contributed by atoms with Crippen molar-refractivity contribution >= 4 is 5.91 Å². The molecule has 1 aliphatic heterocycles. The van der Waals surface area contributed by atoms with E-state index in [0.717, 1.165) is 45.1 Å². The number of aliphatic hydroxyl groups is 1. The lowest BCUT2D eigenvalue weighted by molar-refractivity contribution is -0.156. The van der Waals surface area contributed by atoms with Gasteiger partial charge in [0, 0.05) is 25.6 Å². The third-order valence-corrected chi connectivity index (χ3v) is 5.41. The Kier molecular flexibility index (Phi) is 5.67. The van der Waals surface area contributed by atoms with E-state index >= 15 is 0 Å². The highest BCUT2D eigenvalue weighted by Crippen LogP contribution is 2.44. The molecular weight excluding hydrogens is 278 g/mol. The van der Waals surface area contributed by atoms with Crippen LogP contribution in [0, 0.1) is 10.8 Å². The SMILES string of the molecule is COCC1(C(=O)N2CCC[C@@](CO)(CC=C(C)C)C2)CCC1. The number of allylic oxidation sites excluding steroid dienone is 2. The van der Waals surface area contributed by atoms with E-state index in [1.807, 2.05) is 4.90 Å². The summed E-state index contributed by atoms with van der Waals surface area (Å²) in [6.07, 6.45) is 8.02. The monoisotopic (exact) mass is 309 g/mol. The zero-order valence-corrected chi connectivity index (χ0v) is 14.4. The molecule has 2 fully saturated rings. The summed E-state index contributed by atoms with van der Waals surface area (Å²) in [6.45, 7) is 6.34. The first-order valence-corrected chi connectivity index (χ1v) is 8.50. The van der Waals surface area contributed by atoms with E-state index in [1.54, 1.807) is 7.11 Å². The largest absolute Gasteiger partial charge is 0.396 e. The Bertz CT molecular complexity index is 424. The van der Waals surface area contributed by atoms with Crippen molar-refractivity contribution in [3.63, 3.8) is 0 Å². The second-order valence-electron chi connectivity index (χ2n) is 7.54. The number of carbonyl (C=O) groups excluding carboxylic acids is 1. The molecule has 1 saturated carbocycles. The van der Waals surface area contributed by atoms with Crippen LogP contribution in [0.4, 0.5) is 0 Å². The van der Waals surface area contributed by atoms with Crippen LogP contribution in [-0.2, 0) is 9.53 Å². The maximum atomic E-state index is 13.0. The van der Waals surface area contributed by atoms with Crippen LogP contribution < -0.4 is 0 Å². The van der Waals surface area contributed by atoms with E-state index in [4.69, 9.17) is 4.74 Å². The van der Waals surface area contributed by atoms with Gasteiger partial charge in [0.25, 0.3) is 0 Å². The zero-order valence-electron chi connectivity index (χ0n) is 14.4. The van der Waals surface area contributed by atoms with Crippen molar-refractivity contribution in [2.75, 3.05) is 33.4 Å². The second kappa shape index (κ2) is 7.14. The van der Waals surface area contributed by atoms with E-state index in [-0.39, 0.29) is 23.3 Å². The predicted octanol–water partition coefficient (Wildman–Crippen LogP) is 2.76. The van der Waals surface area contributed by atoms with Gasteiger partial charge in [-0.1, -0.05) is 18.1 Å². The predicted molar refractivity (Wildman–Crippen MR) is 87.5 cm³/mol. The average molecular weight is 309 g/mol. The molecule has 1 saturated heterocycles. The van der Waals surface area contributed by atoms with Gasteiger partial charge in [-0.25, -0.2) is 0 Å². The summed E-state index contributed by atoms with van der Waals surface area (Å²) in [5.41, 5.74) is 0.818. The Morgan fingerprint density at radius 1 is 1.27 bits per heavy atom. The van der Waals surface area contributed by atoms with Crippen molar-refractivity contribution < 1.29 is 14.6 Å². The molecule has 2 aliphatic rings. The molecule has 1 N–H and O–H groups in total. The molecule has 1 atom stereocenters. The first-order chi connectivity index (χ1) is 10.5. The lowest BCUT2D eigenvalue weighted by Gasteiger charge is -2.48. The summed E-state index contributed by atoms with van der Waals surface area (Å²) in [4.78, 5) is 15.0. The number of methoxy groups -OCH3 is 1. The van der Waals surface area contributed by atoms with Crippen LogP contribution in [0.15, 0.2) is 11.6 Å². The first-order valence-electron chi connectivity index (χ1n) is 8.50. The van der Waals surface area contributed by atoms with Gasteiger partial charge in [0.15, 0.2) is 0 Å². The third-order valence-electron chi connectivity index (χ3n) is 5.41. The summed E-state index contributed by atoms with van der Waals surface area (Å²) >= 11 is 0. The van der Waals surface area contributed by atoms with Crippen LogP contribution in [0.5, 0.6) is 0 Å². The molecule has 4 heteroatoms. The normalized spacial score (nSPS) is 27.2. The smallest absolute Gasteiger partial charge is 0.231 e. The fourth-order valence-electron chi connectivity index (χ4n) is 3.80. The van der Waals surface area contributed by atoms with Crippen molar-refractivity contribution in [1.82, 2.24) is 4.90 Å². The quantitative estimate of drug-likeness (QED) is 0.768. The van der Waals surface area contributed by atoms with E-state index in [9.17, 15) is 9.90 Å². The highest BCUT2D eigenvalue weighted by molar-refractivity contribution is 5.84. The molecule has 0 aromatic rings. The number of piperidine rings is 1. The molecular formula is C18H31NO3. The molecule has 0 spiro atoms. The minimum absolute atomic E-state index is 0.151. The summed E-state index contributed by atoms with van der Waals surface area (Å²) < 4.78 is 5.31. The van der Waals surface area contributed by atoms with Gasteiger partial charge in [-0.3, -0.25) is 4.79 Å². The number of aliphatic hydroxyl groups excluding tert-OH is 1. The van der Waals surface area contributed by atoms with E-state index in [0.29, 0.717) is 13.2 Å². The number of hydrogen-bond donors (Lipinski definition) is 1. The maximum Gasteiger partial charge on any atom is 0.231 e. The van der Waals surface area contributed by atoms with Gasteiger partial charge in [-0.05, 0) is 46.0 Å². The van der Waals surface area contributed by atoms with Gasteiger partial charge >= 0.3 is 0 Å². The minimum atomic E-state index is -0.288. The number of likely N-dealkylation sites (tertiary alicyclic amines) is 1. The zero-order chi connectivity index (χ0) is 16.2. The van der Waals surface area contributed by atoms with Gasteiger partial charge < -0.3 is 14.7 Å². The molecule has 1 heterocycles. The molecule has 1 amide bonds. The molecule has 126 valence electrons.